The number of nitrogens with zero attached hydrogens (tertiary/aromatic N) is 3. The summed E-state index contributed by atoms with van der Waals surface area (Å²) in [5, 5.41) is 15.4. The van der Waals surface area contributed by atoms with Crippen molar-refractivity contribution < 1.29 is 9.72 Å². The number of halogens is 1. The molecule has 0 saturated heterocycles. The topological polar surface area (TPSA) is 87.8 Å². The summed E-state index contributed by atoms with van der Waals surface area (Å²) in [5.74, 6) is -0.423. The minimum absolute atomic E-state index is 0.0369. The van der Waals surface area contributed by atoms with Gasteiger partial charge >= 0.3 is 0 Å². The third-order valence-electron chi connectivity index (χ3n) is 3.14. The van der Waals surface area contributed by atoms with E-state index in [1.165, 1.54) is 18.3 Å². The van der Waals surface area contributed by atoms with E-state index in [1.54, 1.807) is 49.3 Å². The fraction of sp³-hybridized carbons (Fsp3) is 0.125. The molecule has 0 fully saturated rings. The molecule has 0 atom stereocenters. The van der Waals surface area contributed by atoms with Crippen molar-refractivity contribution in [2.75, 3.05) is 19.0 Å². The Balaban J connectivity index is 2.13. The highest BCUT2D eigenvalue weighted by Gasteiger charge is 2.15. The van der Waals surface area contributed by atoms with Gasteiger partial charge in [-0.2, -0.15) is 5.10 Å². The van der Waals surface area contributed by atoms with Crippen LogP contribution < -0.4 is 10.3 Å². The molecule has 0 aromatic heterocycles. The van der Waals surface area contributed by atoms with Crippen LogP contribution in [0.2, 0.25) is 5.02 Å². The third-order valence-corrected chi connectivity index (χ3v) is 3.38. The number of benzene rings is 2. The van der Waals surface area contributed by atoms with Gasteiger partial charge in [-0.25, -0.2) is 5.43 Å². The average molecular weight is 347 g/mol. The highest BCUT2D eigenvalue weighted by molar-refractivity contribution is 6.30. The maximum Gasteiger partial charge on any atom is 0.293 e. The molecule has 2 aromatic carbocycles. The second kappa shape index (κ2) is 7.56. The van der Waals surface area contributed by atoms with Crippen molar-refractivity contribution in [3.05, 3.63) is 68.7 Å². The molecule has 0 heterocycles. The first-order valence-electron chi connectivity index (χ1n) is 6.93. The minimum atomic E-state index is -0.461. The Bertz CT molecular complexity index is 806. The van der Waals surface area contributed by atoms with E-state index in [0.29, 0.717) is 21.8 Å². The van der Waals surface area contributed by atoms with Gasteiger partial charge in [-0.05, 0) is 24.3 Å². The Morgan fingerprint density at radius 1 is 1.29 bits per heavy atom. The van der Waals surface area contributed by atoms with Crippen LogP contribution in [0.15, 0.2) is 47.6 Å². The number of nitro groups is 1. The lowest BCUT2D eigenvalue weighted by Gasteiger charge is -2.12. The molecular weight excluding hydrogens is 332 g/mol. The molecule has 0 aliphatic rings. The lowest BCUT2D eigenvalue weighted by atomic mass is 10.2. The Morgan fingerprint density at radius 2 is 2.04 bits per heavy atom. The van der Waals surface area contributed by atoms with Gasteiger partial charge in [0.1, 0.15) is 5.69 Å². The Kier molecular flexibility index (Phi) is 5.49. The van der Waals surface area contributed by atoms with E-state index in [2.05, 4.69) is 10.5 Å². The molecule has 2 aromatic rings. The molecule has 0 spiro atoms. The zero-order valence-corrected chi connectivity index (χ0v) is 13.8. The minimum Gasteiger partial charge on any atom is -0.372 e. The van der Waals surface area contributed by atoms with E-state index in [1.807, 2.05) is 0 Å². The molecule has 1 N–H and O–H groups in total. The Morgan fingerprint density at radius 3 is 2.67 bits per heavy atom. The number of hydrazone groups is 1. The lowest BCUT2D eigenvalue weighted by Crippen LogP contribution is -2.17. The summed E-state index contributed by atoms with van der Waals surface area (Å²) in [4.78, 5) is 24.2. The van der Waals surface area contributed by atoms with Gasteiger partial charge in [0.15, 0.2) is 0 Å². The molecule has 8 heteroatoms. The van der Waals surface area contributed by atoms with Crippen LogP contribution >= 0.6 is 11.6 Å². The first kappa shape index (κ1) is 17.4. The van der Waals surface area contributed by atoms with Crippen LogP contribution in [0.4, 0.5) is 11.4 Å². The molecule has 2 rings (SSSR count). The molecule has 24 heavy (non-hydrogen) atoms. The van der Waals surface area contributed by atoms with Crippen molar-refractivity contribution in [2.45, 2.75) is 0 Å². The van der Waals surface area contributed by atoms with E-state index in [4.69, 9.17) is 11.6 Å². The van der Waals surface area contributed by atoms with E-state index < -0.39 is 10.8 Å². The standard InChI is InChI=1S/C16H15ClN4O3/c1-20(2)14-7-6-11(8-15(14)21(23)24)10-18-19-16(22)12-4-3-5-13(17)9-12/h3-10H,1-2H3,(H,19,22)/b18-10-. The number of carbonyl (C=O) groups is 1. The van der Waals surface area contributed by atoms with Gasteiger partial charge in [-0.1, -0.05) is 23.7 Å². The predicted molar refractivity (Wildman–Crippen MR) is 93.9 cm³/mol. The zero-order chi connectivity index (χ0) is 17.7. The van der Waals surface area contributed by atoms with Crippen molar-refractivity contribution in [1.29, 1.82) is 0 Å². The number of carbonyl (C=O) groups excluding carboxylic acids is 1. The number of rotatable bonds is 5. The van der Waals surface area contributed by atoms with Crippen molar-refractivity contribution in [3.8, 4) is 0 Å². The van der Waals surface area contributed by atoms with Crippen LogP contribution in [0, 0.1) is 10.1 Å². The number of hydrogen-bond acceptors (Lipinski definition) is 5. The predicted octanol–water partition coefficient (Wildman–Crippen LogP) is 3.08. The van der Waals surface area contributed by atoms with Crippen LogP contribution in [0.3, 0.4) is 0 Å². The number of nitro benzene ring substituents is 1. The highest BCUT2D eigenvalue weighted by Crippen LogP contribution is 2.27. The van der Waals surface area contributed by atoms with Crippen molar-refractivity contribution >= 4 is 35.1 Å². The maximum atomic E-state index is 11.9. The van der Waals surface area contributed by atoms with Crippen LogP contribution in [0.1, 0.15) is 15.9 Å². The maximum absolute atomic E-state index is 11.9. The molecular formula is C16H15ClN4O3. The molecule has 0 aliphatic carbocycles. The second-order valence-electron chi connectivity index (χ2n) is 5.11. The quantitative estimate of drug-likeness (QED) is 0.512. The van der Waals surface area contributed by atoms with Crippen LogP contribution in [0.25, 0.3) is 0 Å². The summed E-state index contributed by atoms with van der Waals surface area (Å²) in [6, 6.07) is 11.1. The number of anilines is 1. The second-order valence-corrected chi connectivity index (χ2v) is 5.55. The molecule has 0 saturated carbocycles. The van der Waals surface area contributed by atoms with Crippen LogP contribution in [-0.2, 0) is 0 Å². The van der Waals surface area contributed by atoms with Gasteiger partial charge in [0.05, 0.1) is 11.1 Å². The lowest BCUT2D eigenvalue weighted by molar-refractivity contribution is -0.384. The largest absolute Gasteiger partial charge is 0.372 e. The molecule has 0 aliphatic heterocycles. The molecule has 0 bridgehead atoms. The summed E-state index contributed by atoms with van der Waals surface area (Å²) >= 11 is 5.82. The normalized spacial score (nSPS) is 10.6. The smallest absolute Gasteiger partial charge is 0.293 e. The third kappa shape index (κ3) is 4.30. The monoisotopic (exact) mass is 346 g/mol. The molecule has 7 nitrogen and oxygen atoms in total. The molecule has 124 valence electrons. The summed E-state index contributed by atoms with van der Waals surface area (Å²) in [6.45, 7) is 0. The SMILES string of the molecule is CN(C)c1ccc(/C=N\NC(=O)c2cccc(Cl)c2)cc1[N+](=O)[O-]. The van der Waals surface area contributed by atoms with Gasteiger partial charge in [0, 0.05) is 36.3 Å². The van der Waals surface area contributed by atoms with Gasteiger partial charge in [-0.15, -0.1) is 0 Å². The van der Waals surface area contributed by atoms with E-state index in [-0.39, 0.29) is 5.69 Å². The summed E-state index contributed by atoms with van der Waals surface area (Å²) in [5.41, 5.74) is 3.67. The molecule has 0 unspecified atom stereocenters. The number of amides is 1. The highest BCUT2D eigenvalue weighted by atomic mass is 35.5. The number of nitrogens with one attached hydrogen (secondary N) is 1. The fourth-order valence-electron chi connectivity index (χ4n) is 2.00. The van der Waals surface area contributed by atoms with Crippen LogP contribution in [0.5, 0.6) is 0 Å². The first-order valence-corrected chi connectivity index (χ1v) is 7.31. The van der Waals surface area contributed by atoms with E-state index in [0.717, 1.165) is 0 Å². The van der Waals surface area contributed by atoms with Gasteiger partial charge in [0.2, 0.25) is 0 Å². The fourth-order valence-corrected chi connectivity index (χ4v) is 2.20. The van der Waals surface area contributed by atoms with Crippen LogP contribution in [-0.4, -0.2) is 31.1 Å². The zero-order valence-electron chi connectivity index (χ0n) is 13.1. The Labute approximate surface area is 143 Å². The van der Waals surface area contributed by atoms with Crippen molar-refractivity contribution in [1.82, 2.24) is 5.43 Å². The molecule has 0 radical (unpaired) electrons. The van der Waals surface area contributed by atoms with Crippen molar-refractivity contribution in [2.24, 2.45) is 5.10 Å². The van der Waals surface area contributed by atoms with Gasteiger partial charge in [0.25, 0.3) is 11.6 Å². The number of hydrogen-bond donors (Lipinski definition) is 1. The summed E-state index contributed by atoms with van der Waals surface area (Å²) < 4.78 is 0. The first-order chi connectivity index (χ1) is 11.4. The van der Waals surface area contributed by atoms with Crippen molar-refractivity contribution in [3.63, 3.8) is 0 Å². The van der Waals surface area contributed by atoms with Gasteiger partial charge < -0.3 is 4.90 Å². The van der Waals surface area contributed by atoms with E-state index in [9.17, 15) is 14.9 Å². The Hall–Kier alpha value is -2.93. The van der Waals surface area contributed by atoms with Gasteiger partial charge in [-0.3, -0.25) is 14.9 Å². The average Bonchev–Trinajstić information content (AvgIpc) is 2.54. The summed E-state index contributed by atoms with van der Waals surface area (Å²) in [6.07, 6.45) is 1.34. The summed E-state index contributed by atoms with van der Waals surface area (Å²) in [7, 11) is 3.45. The van der Waals surface area contributed by atoms with E-state index >= 15 is 0 Å². The molecule has 1 amide bonds.